The number of phenols is 1. The molecule has 1 aromatic carbocycles. The van der Waals surface area contributed by atoms with Gasteiger partial charge in [0.15, 0.2) is 11.4 Å². The number of Topliss-reactive ketones (excluding diaryl/α,β-unsaturated/α-hetero) is 2. The number of fused-ring (bicyclic) bond motifs is 2. The van der Waals surface area contributed by atoms with Crippen molar-refractivity contribution in [1.29, 1.82) is 0 Å². The van der Waals surface area contributed by atoms with Crippen molar-refractivity contribution in [1.82, 2.24) is 15.2 Å². The van der Waals surface area contributed by atoms with Gasteiger partial charge < -0.3 is 36.4 Å². The summed E-state index contributed by atoms with van der Waals surface area (Å²) in [6.07, 6.45) is 1.03. The van der Waals surface area contributed by atoms with Crippen LogP contribution in [-0.4, -0.2) is 88.2 Å². The number of carbonyl (C=O) groups is 3. The highest BCUT2D eigenvalue weighted by molar-refractivity contribution is 6.23. The number of nitrogens with zero attached hydrogens (tertiary/aromatic N) is 2. The van der Waals surface area contributed by atoms with E-state index in [0.717, 1.165) is 0 Å². The molecule has 0 aliphatic heterocycles. The van der Waals surface area contributed by atoms with Crippen molar-refractivity contribution in [2.45, 2.75) is 37.8 Å². The SMILES string of the molecule is CN(C)Cc1cc(-c2ccccn2)c2c(c1O)C(O)=C1C(=O)[C@](O)(C(=O)CC(N)=O)[C@H](CCO)C[C@@H]1C2.CNC. The Morgan fingerprint density at radius 3 is 2.45 bits per heavy atom. The van der Waals surface area contributed by atoms with Crippen molar-refractivity contribution < 1.29 is 34.8 Å². The molecule has 40 heavy (non-hydrogen) atoms. The van der Waals surface area contributed by atoms with E-state index in [9.17, 15) is 34.8 Å². The van der Waals surface area contributed by atoms with E-state index in [1.807, 2.05) is 51.3 Å². The molecule has 216 valence electrons. The highest BCUT2D eigenvalue weighted by Crippen LogP contribution is 2.51. The number of primary amides is 1. The van der Waals surface area contributed by atoms with Crippen LogP contribution in [0.4, 0.5) is 0 Å². The summed E-state index contributed by atoms with van der Waals surface area (Å²) in [5.41, 5.74) is 4.81. The molecule has 0 saturated heterocycles. The van der Waals surface area contributed by atoms with Crippen LogP contribution in [0, 0.1) is 11.8 Å². The number of rotatable bonds is 8. The molecule has 0 unspecified atom stereocenters. The topological polar surface area (TPSA) is 186 Å². The van der Waals surface area contributed by atoms with E-state index < -0.39 is 53.7 Å². The molecule has 1 amide bonds. The normalized spacial score (nSPS) is 21.8. The van der Waals surface area contributed by atoms with E-state index in [0.29, 0.717) is 28.9 Å². The largest absolute Gasteiger partial charge is 0.507 e. The second kappa shape index (κ2) is 12.7. The monoisotopic (exact) mass is 554 g/mol. The Labute approximate surface area is 233 Å². The maximum atomic E-state index is 13.7. The summed E-state index contributed by atoms with van der Waals surface area (Å²) >= 11 is 0. The zero-order chi connectivity index (χ0) is 29.8. The molecule has 2 aromatic rings. The number of nitrogens with one attached hydrogen (secondary N) is 1. The Bertz CT molecular complexity index is 1310. The molecule has 1 saturated carbocycles. The molecule has 4 rings (SSSR count). The number of amides is 1. The predicted octanol–water partition coefficient (Wildman–Crippen LogP) is 0.940. The number of hydrogen-bond acceptors (Lipinski definition) is 10. The molecule has 0 spiro atoms. The number of pyridine rings is 1. The van der Waals surface area contributed by atoms with Gasteiger partial charge in [-0.2, -0.15) is 0 Å². The molecule has 11 heteroatoms. The Morgan fingerprint density at radius 1 is 1.23 bits per heavy atom. The molecule has 7 N–H and O–H groups in total. The van der Waals surface area contributed by atoms with Gasteiger partial charge in [-0.15, -0.1) is 0 Å². The summed E-state index contributed by atoms with van der Waals surface area (Å²) in [7, 11) is 7.40. The van der Waals surface area contributed by atoms with Crippen LogP contribution in [0.25, 0.3) is 17.0 Å². The number of nitrogens with two attached hydrogens (primary N) is 1. The van der Waals surface area contributed by atoms with E-state index in [1.165, 1.54) is 0 Å². The number of phenolic OH excluding ortho intramolecular Hbond substituents is 1. The summed E-state index contributed by atoms with van der Waals surface area (Å²) < 4.78 is 0. The number of aromatic nitrogens is 1. The Kier molecular flexibility index (Phi) is 9.80. The van der Waals surface area contributed by atoms with Crippen LogP contribution in [0.5, 0.6) is 5.75 Å². The molecule has 1 heterocycles. The van der Waals surface area contributed by atoms with Crippen molar-refractivity contribution in [2.75, 3.05) is 34.8 Å². The van der Waals surface area contributed by atoms with E-state index >= 15 is 0 Å². The quantitative estimate of drug-likeness (QED) is 0.256. The lowest BCUT2D eigenvalue weighted by Gasteiger charge is -2.44. The Hall–Kier alpha value is -3.64. The lowest BCUT2D eigenvalue weighted by molar-refractivity contribution is -0.159. The summed E-state index contributed by atoms with van der Waals surface area (Å²) in [6, 6.07) is 7.22. The van der Waals surface area contributed by atoms with Crippen molar-refractivity contribution in [3.63, 3.8) is 0 Å². The summed E-state index contributed by atoms with van der Waals surface area (Å²) in [5.74, 6) is -5.42. The minimum Gasteiger partial charge on any atom is -0.507 e. The molecular formula is C29H38N4O7. The summed E-state index contributed by atoms with van der Waals surface area (Å²) in [4.78, 5) is 44.4. The first kappa shape index (κ1) is 30.9. The second-order valence-corrected chi connectivity index (χ2v) is 10.5. The molecule has 2 aliphatic rings. The van der Waals surface area contributed by atoms with E-state index in [-0.39, 0.29) is 36.1 Å². The molecule has 1 fully saturated rings. The van der Waals surface area contributed by atoms with Gasteiger partial charge in [-0.1, -0.05) is 6.07 Å². The molecule has 11 nitrogen and oxygen atoms in total. The number of hydrogen-bond donors (Lipinski definition) is 6. The van der Waals surface area contributed by atoms with Crippen LogP contribution < -0.4 is 11.1 Å². The second-order valence-electron chi connectivity index (χ2n) is 10.5. The highest BCUT2D eigenvalue weighted by Gasteiger charge is 2.57. The smallest absolute Gasteiger partial charge is 0.225 e. The summed E-state index contributed by atoms with van der Waals surface area (Å²) in [6.45, 7) is -0.0646. The van der Waals surface area contributed by atoms with Crippen LogP contribution in [0.2, 0.25) is 0 Å². The first-order valence-electron chi connectivity index (χ1n) is 13.1. The zero-order valence-electron chi connectivity index (χ0n) is 23.3. The van der Waals surface area contributed by atoms with Crippen LogP contribution >= 0.6 is 0 Å². The molecule has 3 atom stereocenters. The number of ketones is 2. The number of benzene rings is 1. The van der Waals surface area contributed by atoms with Gasteiger partial charge in [0.05, 0.1) is 17.7 Å². The van der Waals surface area contributed by atoms with Gasteiger partial charge in [-0.3, -0.25) is 19.4 Å². The predicted molar refractivity (Wildman–Crippen MR) is 149 cm³/mol. The van der Waals surface area contributed by atoms with Crippen LogP contribution in [-0.2, 0) is 27.3 Å². The van der Waals surface area contributed by atoms with Gasteiger partial charge in [0.1, 0.15) is 11.5 Å². The summed E-state index contributed by atoms with van der Waals surface area (Å²) in [5, 5.41) is 46.4. The maximum Gasteiger partial charge on any atom is 0.225 e. The van der Waals surface area contributed by atoms with Gasteiger partial charge in [-0.25, -0.2) is 0 Å². The van der Waals surface area contributed by atoms with Gasteiger partial charge >= 0.3 is 0 Å². The first-order chi connectivity index (χ1) is 18.9. The third-order valence-electron chi connectivity index (χ3n) is 7.25. The maximum absolute atomic E-state index is 13.7. The molecule has 0 bridgehead atoms. The van der Waals surface area contributed by atoms with Crippen LogP contribution in [0.1, 0.15) is 36.0 Å². The van der Waals surface area contributed by atoms with E-state index in [1.54, 1.807) is 12.3 Å². The van der Waals surface area contributed by atoms with Gasteiger partial charge in [0.25, 0.3) is 0 Å². The first-order valence-corrected chi connectivity index (χ1v) is 13.1. The zero-order valence-corrected chi connectivity index (χ0v) is 23.3. The fourth-order valence-corrected chi connectivity index (χ4v) is 5.65. The minimum atomic E-state index is -2.63. The fourth-order valence-electron chi connectivity index (χ4n) is 5.65. The van der Waals surface area contributed by atoms with Crippen LogP contribution in [0.3, 0.4) is 0 Å². The standard InChI is InChI=1S/C27H31N3O7.C2H7N/c1-30(2)13-15-11-17(19-5-3-4-7-29-19)18-10-14-9-16(6-8-31)27(37,20(32)12-21(28)33)26(36)22(14)25(35)23(18)24(15)34;1-3-2/h3-5,7,11,14,16,31,34-35,37H,6,8-10,12-13H2,1-2H3,(H2,28,33);3H,1-2H3/t14-,16-,27-;/m1./s1. The van der Waals surface area contributed by atoms with Gasteiger partial charge in [0.2, 0.25) is 11.7 Å². The average molecular weight is 555 g/mol. The van der Waals surface area contributed by atoms with Crippen molar-refractivity contribution in [2.24, 2.45) is 17.6 Å². The van der Waals surface area contributed by atoms with Crippen molar-refractivity contribution >= 4 is 23.2 Å². The average Bonchev–Trinajstić information content (AvgIpc) is 2.89. The third kappa shape index (κ3) is 5.78. The fraction of sp³-hybridized carbons (Fsp3) is 0.448. The molecule has 1 aromatic heterocycles. The molecule has 2 aliphatic carbocycles. The minimum absolute atomic E-state index is 0.0601. The Balaban J connectivity index is 0.00000141. The third-order valence-corrected chi connectivity index (χ3v) is 7.25. The van der Waals surface area contributed by atoms with Gasteiger partial charge in [-0.05, 0) is 77.1 Å². The van der Waals surface area contributed by atoms with E-state index in [4.69, 9.17) is 5.73 Å². The lowest BCUT2D eigenvalue weighted by atomic mass is 9.60. The number of carbonyl (C=O) groups excluding carboxylic acids is 3. The lowest BCUT2D eigenvalue weighted by Crippen LogP contribution is -2.59. The Morgan fingerprint density at radius 2 is 1.90 bits per heavy atom. The van der Waals surface area contributed by atoms with Crippen molar-refractivity contribution in [3.8, 4) is 17.0 Å². The highest BCUT2D eigenvalue weighted by atomic mass is 16.3. The number of aliphatic hydroxyl groups excluding tert-OH is 2. The van der Waals surface area contributed by atoms with Crippen molar-refractivity contribution in [3.05, 3.63) is 52.7 Å². The van der Waals surface area contributed by atoms with Gasteiger partial charge in [0, 0.05) is 42.0 Å². The number of aliphatic hydroxyl groups is 3. The molecule has 0 radical (unpaired) electrons. The number of aromatic hydroxyl groups is 1. The molecular weight excluding hydrogens is 516 g/mol. The van der Waals surface area contributed by atoms with Crippen LogP contribution in [0.15, 0.2) is 36.0 Å². The van der Waals surface area contributed by atoms with E-state index in [2.05, 4.69) is 10.3 Å².